The number of anilines is 3. The summed E-state index contributed by atoms with van der Waals surface area (Å²) in [5.74, 6) is 0.480. The Morgan fingerprint density at radius 1 is 1.27 bits per heavy atom. The maximum Gasteiger partial charge on any atom is 0.269 e. The van der Waals surface area contributed by atoms with Gasteiger partial charge in [-0.15, -0.1) is 6.58 Å². The van der Waals surface area contributed by atoms with Gasteiger partial charge in [-0.25, -0.2) is 9.97 Å². The minimum absolute atomic E-state index is 0.300. The molecule has 2 rings (SSSR count). The van der Waals surface area contributed by atoms with Crippen LogP contribution in [0.2, 0.25) is 0 Å². The number of nitrogens with two attached hydrogens (primary N) is 1. The lowest BCUT2D eigenvalue weighted by Crippen LogP contribution is -2.30. The number of nitrogens with one attached hydrogen (secondary N) is 3. The molecular formula is C14H15BrN6O. The third-order valence-electron chi connectivity index (χ3n) is 2.70. The smallest absolute Gasteiger partial charge is 0.269 e. The summed E-state index contributed by atoms with van der Waals surface area (Å²) in [6, 6.07) is 6.96. The van der Waals surface area contributed by atoms with Gasteiger partial charge < -0.3 is 11.1 Å². The summed E-state index contributed by atoms with van der Waals surface area (Å²) in [7, 11) is 0. The predicted octanol–water partition coefficient (Wildman–Crippen LogP) is 2.18. The van der Waals surface area contributed by atoms with Crippen LogP contribution in [-0.2, 0) is 0 Å². The van der Waals surface area contributed by atoms with E-state index in [0.717, 1.165) is 4.47 Å². The fourth-order valence-corrected chi connectivity index (χ4v) is 1.86. The van der Waals surface area contributed by atoms with E-state index in [2.05, 4.69) is 48.6 Å². The molecule has 0 bridgehead atoms. The van der Waals surface area contributed by atoms with Crippen LogP contribution in [0, 0.1) is 0 Å². The summed E-state index contributed by atoms with van der Waals surface area (Å²) in [6.45, 7) is 4.12. The number of halogens is 1. The third kappa shape index (κ3) is 3.95. The van der Waals surface area contributed by atoms with Crippen molar-refractivity contribution < 1.29 is 4.79 Å². The topological polar surface area (TPSA) is 105 Å². The number of hydrogen-bond acceptors (Lipinski definition) is 6. The molecule has 5 N–H and O–H groups in total. The van der Waals surface area contributed by atoms with Gasteiger partial charge in [0, 0.05) is 16.6 Å². The third-order valence-corrected chi connectivity index (χ3v) is 3.23. The molecule has 0 aliphatic heterocycles. The van der Waals surface area contributed by atoms with E-state index in [1.54, 1.807) is 30.3 Å². The van der Waals surface area contributed by atoms with Crippen LogP contribution in [0.25, 0.3) is 0 Å². The van der Waals surface area contributed by atoms with Gasteiger partial charge in [0.15, 0.2) is 11.6 Å². The molecule has 1 aromatic carbocycles. The maximum absolute atomic E-state index is 12.0. The first kappa shape index (κ1) is 15.8. The SMILES string of the molecule is C=CCNc1ncnc(NNC(=O)c2ccc(Br)cc2)c1N. The first-order valence-corrected chi connectivity index (χ1v) is 7.18. The number of amides is 1. The Morgan fingerprint density at radius 3 is 2.64 bits per heavy atom. The molecule has 0 saturated carbocycles. The van der Waals surface area contributed by atoms with Crippen molar-refractivity contribution >= 4 is 39.2 Å². The Kier molecular flexibility index (Phi) is 5.31. The second kappa shape index (κ2) is 7.41. The van der Waals surface area contributed by atoms with Crippen LogP contribution in [0.15, 0.2) is 47.7 Å². The number of hydrogen-bond donors (Lipinski definition) is 4. The number of nitrogens with zero attached hydrogens (tertiary/aromatic N) is 2. The lowest BCUT2D eigenvalue weighted by atomic mass is 10.2. The summed E-state index contributed by atoms with van der Waals surface area (Å²) in [5.41, 5.74) is 12.0. The first-order chi connectivity index (χ1) is 10.6. The number of rotatable bonds is 6. The van der Waals surface area contributed by atoms with Gasteiger partial charge >= 0.3 is 0 Å². The molecule has 1 heterocycles. The zero-order valence-corrected chi connectivity index (χ0v) is 13.2. The van der Waals surface area contributed by atoms with Crippen LogP contribution in [0.5, 0.6) is 0 Å². The van der Waals surface area contributed by atoms with Gasteiger partial charge in [0.25, 0.3) is 5.91 Å². The number of carbonyl (C=O) groups is 1. The fraction of sp³-hybridized carbons (Fsp3) is 0.0714. The molecule has 0 atom stereocenters. The Balaban J connectivity index is 2.03. The maximum atomic E-state index is 12.0. The molecule has 1 aromatic heterocycles. The molecule has 0 aliphatic rings. The summed E-state index contributed by atoms with van der Waals surface area (Å²) >= 11 is 3.31. The highest BCUT2D eigenvalue weighted by Gasteiger charge is 2.09. The molecule has 114 valence electrons. The second-order valence-electron chi connectivity index (χ2n) is 4.24. The van der Waals surface area contributed by atoms with E-state index < -0.39 is 0 Å². The number of benzene rings is 1. The normalized spacial score (nSPS) is 9.86. The Morgan fingerprint density at radius 2 is 1.95 bits per heavy atom. The molecule has 0 fully saturated rings. The van der Waals surface area contributed by atoms with Gasteiger partial charge in [-0.1, -0.05) is 22.0 Å². The lowest BCUT2D eigenvalue weighted by Gasteiger charge is -2.12. The highest BCUT2D eigenvalue weighted by Crippen LogP contribution is 2.21. The van der Waals surface area contributed by atoms with Crippen LogP contribution < -0.4 is 21.9 Å². The second-order valence-corrected chi connectivity index (χ2v) is 5.16. The Labute approximate surface area is 136 Å². The van der Waals surface area contributed by atoms with Crippen LogP contribution in [0.3, 0.4) is 0 Å². The monoisotopic (exact) mass is 362 g/mol. The zero-order chi connectivity index (χ0) is 15.9. The van der Waals surface area contributed by atoms with E-state index in [-0.39, 0.29) is 5.91 Å². The van der Waals surface area contributed by atoms with Crippen LogP contribution in [-0.4, -0.2) is 22.4 Å². The van der Waals surface area contributed by atoms with Crippen LogP contribution in [0.1, 0.15) is 10.4 Å². The van der Waals surface area contributed by atoms with Crippen molar-refractivity contribution in [3.63, 3.8) is 0 Å². The minimum Gasteiger partial charge on any atom is -0.393 e. The first-order valence-electron chi connectivity index (χ1n) is 6.39. The van der Waals surface area contributed by atoms with Crippen LogP contribution >= 0.6 is 15.9 Å². The molecule has 8 heteroatoms. The average molecular weight is 363 g/mol. The summed E-state index contributed by atoms with van der Waals surface area (Å²) in [5, 5.41) is 2.98. The van der Waals surface area contributed by atoms with Crippen molar-refractivity contribution in [3.05, 3.63) is 53.3 Å². The molecule has 22 heavy (non-hydrogen) atoms. The summed E-state index contributed by atoms with van der Waals surface area (Å²) < 4.78 is 0.898. The van der Waals surface area contributed by atoms with Gasteiger partial charge in [0.1, 0.15) is 12.0 Å². The fourth-order valence-electron chi connectivity index (χ4n) is 1.59. The van der Waals surface area contributed by atoms with Gasteiger partial charge in [-0.3, -0.25) is 15.6 Å². The number of carbonyl (C=O) groups excluding carboxylic acids is 1. The van der Waals surface area contributed by atoms with E-state index >= 15 is 0 Å². The molecule has 7 nitrogen and oxygen atoms in total. The van der Waals surface area contributed by atoms with E-state index in [9.17, 15) is 4.79 Å². The van der Waals surface area contributed by atoms with E-state index in [0.29, 0.717) is 29.4 Å². The molecule has 0 spiro atoms. The standard InChI is InChI=1S/C14H15BrN6O/c1-2-7-17-12-11(16)13(19-8-18-12)20-21-14(22)9-3-5-10(15)6-4-9/h2-6,8H,1,7,16H2,(H,21,22)(H2,17,18,19,20). The minimum atomic E-state index is -0.300. The van der Waals surface area contributed by atoms with Gasteiger partial charge in [0.05, 0.1) is 0 Å². The van der Waals surface area contributed by atoms with Crippen LogP contribution in [0.4, 0.5) is 17.3 Å². The van der Waals surface area contributed by atoms with E-state index in [1.807, 2.05) is 0 Å². The molecule has 0 unspecified atom stereocenters. The molecule has 0 radical (unpaired) electrons. The predicted molar refractivity (Wildman–Crippen MR) is 90.4 cm³/mol. The Bertz CT molecular complexity index is 674. The largest absolute Gasteiger partial charge is 0.393 e. The molecule has 0 saturated heterocycles. The van der Waals surface area contributed by atoms with E-state index in [4.69, 9.17) is 5.73 Å². The van der Waals surface area contributed by atoms with Crippen molar-refractivity contribution in [1.29, 1.82) is 0 Å². The Hall–Kier alpha value is -2.61. The molecule has 0 aliphatic carbocycles. The molecule has 1 amide bonds. The van der Waals surface area contributed by atoms with Gasteiger partial charge in [0.2, 0.25) is 0 Å². The van der Waals surface area contributed by atoms with E-state index in [1.165, 1.54) is 6.33 Å². The highest BCUT2D eigenvalue weighted by atomic mass is 79.9. The number of aromatic nitrogens is 2. The molecular weight excluding hydrogens is 348 g/mol. The highest BCUT2D eigenvalue weighted by molar-refractivity contribution is 9.10. The van der Waals surface area contributed by atoms with Gasteiger partial charge in [-0.2, -0.15) is 0 Å². The zero-order valence-electron chi connectivity index (χ0n) is 11.6. The van der Waals surface area contributed by atoms with Crippen molar-refractivity contribution in [2.24, 2.45) is 0 Å². The summed E-state index contributed by atoms with van der Waals surface area (Å²) in [6.07, 6.45) is 3.03. The molecule has 2 aromatic rings. The van der Waals surface area contributed by atoms with Gasteiger partial charge in [-0.05, 0) is 24.3 Å². The quantitative estimate of drug-likeness (QED) is 0.463. The number of hydrazine groups is 1. The average Bonchev–Trinajstić information content (AvgIpc) is 2.53. The van der Waals surface area contributed by atoms with Crippen molar-refractivity contribution in [2.45, 2.75) is 0 Å². The van der Waals surface area contributed by atoms with Crippen molar-refractivity contribution in [1.82, 2.24) is 15.4 Å². The summed E-state index contributed by atoms with van der Waals surface area (Å²) in [4.78, 5) is 20.0. The van der Waals surface area contributed by atoms with Crippen molar-refractivity contribution in [2.75, 3.05) is 23.0 Å². The number of nitrogen functional groups attached to an aromatic ring is 1. The van der Waals surface area contributed by atoms with Crippen molar-refractivity contribution in [3.8, 4) is 0 Å². The lowest BCUT2D eigenvalue weighted by molar-refractivity contribution is 0.0962.